The van der Waals surface area contributed by atoms with Gasteiger partial charge in [0.05, 0.1) is 17.4 Å². The summed E-state index contributed by atoms with van der Waals surface area (Å²) in [5.74, 6) is 0.0533. The summed E-state index contributed by atoms with van der Waals surface area (Å²) in [7, 11) is 0. The molecule has 0 saturated heterocycles. The van der Waals surface area contributed by atoms with Crippen molar-refractivity contribution in [1.29, 1.82) is 0 Å². The summed E-state index contributed by atoms with van der Waals surface area (Å²) in [5, 5.41) is 0. The van der Waals surface area contributed by atoms with E-state index >= 15 is 0 Å². The second-order valence-corrected chi connectivity index (χ2v) is 6.44. The van der Waals surface area contributed by atoms with E-state index in [0.29, 0.717) is 24.7 Å². The number of imidazole rings is 1. The minimum Gasteiger partial charge on any atom is -0.339 e. The predicted octanol–water partition coefficient (Wildman–Crippen LogP) is 3.72. The van der Waals surface area contributed by atoms with Gasteiger partial charge in [-0.1, -0.05) is 0 Å². The molecule has 0 fully saturated rings. The van der Waals surface area contributed by atoms with Gasteiger partial charge in [0.2, 0.25) is 0 Å². The second kappa shape index (κ2) is 7.47. The summed E-state index contributed by atoms with van der Waals surface area (Å²) in [5.41, 5.74) is 3.81. The first-order valence-electron chi connectivity index (χ1n) is 8.75. The van der Waals surface area contributed by atoms with E-state index in [1.807, 2.05) is 48.5 Å². The van der Waals surface area contributed by atoms with E-state index in [9.17, 15) is 4.79 Å². The van der Waals surface area contributed by atoms with Crippen molar-refractivity contribution in [3.63, 3.8) is 0 Å². The second-order valence-electron chi connectivity index (χ2n) is 6.44. The molecule has 0 atom stereocenters. The third kappa shape index (κ3) is 3.71. The third-order valence-electron chi connectivity index (χ3n) is 4.47. The molecule has 0 N–H and O–H groups in total. The maximum Gasteiger partial charge on any atom is 0.253 e. The molecule has 0 aliphatic carbocycles. The number of hydrogen-bond donors (Lipinski definition) is 0. The van der Waals surface area contributed by atoms with Gasteiger partial charge in [0.25, 0.3) is 5.91 Å². The number of hydrogen-bond acceptors (Lipinski definition) is 3. The molecular formula is C20H24N4O. The van der Waals surface area contributed by atoms with Crippen molar-refractivity contribution in [1.82, 2.24) is 19.4 Å². The Morgan fingerprint density at radius 1 is 1.20 bits per heavy atom. The Balaban J connectivity index is 1.77. The van der Waals surface area contributed by atoms with E-state index in [-0.39, 0.29) is 5.91 Å². The summed E-state index contributed by atoms with van der Waals surface area (Å²) in [4.78, 5) is 23.2. The van der Waals surface area contributed by atoms with Gasteiger partial charge in [0.1, 0.15) is 0 Å². The van der Waals surface area contributed by atoms with E-state index in [2.05, 4.69) is 28.4 Å². The van der Waals surface area contributed by atoms with Gasteiger partial charge in [-0.2, -0.15) is 0 Å². The van der Waals surface area contributed by atoms with E-state index in [0.717, 1.165) is 17.5 Å². The highest BCUT2D eigenvalue weighted by Gasteiger charge is 2.16. The lowest BCUT2D eigenvalue weighted by atomic mass is 10.1. The first-order valence-corrected chi connectivity index (χ1v) is 8.75. The average molecular weight is 336 g/mol. The lowest BCUT2D eigenvalue weighted by Gasteiger charge is -2.21. The number of nitrogens with zero attached hydrogens (tertiary/aromatic N) is 4. The van der Waals surface area contributed by atoms with Crippen LogP contribution in [0.4, 0.5) is 0 Å². The van der Waals surface area contributed by atoms with Crippen LogP contribution in [0.25, 0.3) is 11.0 Å². The van der Waals surface area contributed by atoms with E-state index in [1.165, 1.54) is 5.56 Å². The predicted molar refractivity (Wildman–Crippen MR) is 99.6 cm³/mol. The summed E-state index contributed by atoms with van der Waals surface area (Å²) >= 11 is 0. The van der Waals surface area contributed by atoms with Gasteiger partial charge in [0, 0.05) is 37.1 Å². The van der Waals surface area contributed by atoms with Gasteiger partial charge >= 0.3 is 0 Å². The SMILES string of the molecule is CCN(CCc1ccncc1)C(=O)c1ccc2c(c1)ncn2C(C)C. The number of carbonyl (C=O) groups excluding carboxylic acids is 1. The summed E-state index contributed by atoms with van der Waals surface area (Å²) in [6.07, 6.45) is 6.23. The van der Waals surface area contributed by atoms with E-state index in [4.69, 9.17) is 0 Å². The fraction of sp³-hybridized carbons (Fsp3) is 0.350. The number of fused-ring (bicyclic) bond motifs is 1. The highest BCUT2D eigenvalue weighted by atomic mass is 16.2. The molecule has 0 unspecified atom stereocenters. The first-order chi connectivity index (χ1) is 12.1. The van der Waals surface area contributed by atoms with Crippen LogP contribution in [0.5, 0.6) is 0 Å². The molecule has 5 nitrogen and oxygen atoms in total. The molecule has 0 saturated carbocycles. The monoisotopic (exact) mass is 336 g/mol. The fourth-order valence-electron chi connectivity index (χ4n) is 2.98. The van der Waals surface area contributed by atoms with Crippen LogP contribution in [-0.4, -0.2) is 38.4 Å². The van der Waals surface area contributed by atoms with Crippen LogP contribution >= 0.6 is 0 Å². The largest absolute Gasteiger partial charge is 0.339 e. The number of carbonyl (C=O) groups is 1. The molecule has 130 valence electrons. The zero-order chi connectivity index (χ0) is 17.8. The molecular weight excluding hydrogens is 312 g/mol. The Bertz CT molecular complexity index is 855. The van der Waals surface area contributed by atoms with Gasteiger partial charge in [0.15, 0.2) is 0 Å². The van der Waals surface area contributed by atoms with Crippen molar-refractivity contribution in [2.24, 2.45) is 0 Å². The summed E-state index contributed by atoms with van der Waals surface area (Å²) < 4.78 is 2.12. The van der Waals surface area contributed by atoms with Crippen LogP contribution in [-0.2, 0) is 6.42 Å². The molecule has 5 heteroatoms. The molecule has 0 radical (unpaired) electrons. The number of benzene rings is 1. The Hall–Kier alpha value is -2.69. The van der Waals surface area contributed by atoms with Crippen LogP contribution in [0, 0.1) is 0 Å². The summed E-state index contributed by atoms with van der Waals surface area (Å²) in [6, 6.07) is 10.1. The van der Waals surface area contributed by atoms with Gasteiger partial charge in [-0.05, 0) is 63.1 Å². The van der Waals surface area contributed by atoms with Crippen molar-refractivity contribution < 1.29 is 4.79 Å². The average Bonchev–Trinajstić information content (AvgIpc) is 3.06. The minimum absolute atomic E-state index is 0.0533. The van der Waals surface area contributed by atoms with Gasteiger partial charge < -0.3 is 9.47 Å². The van der Waals surface area contributed by atoms with Gasteiger partial charge in [-0.3, -0.25) is 9.78 Å². The van der Waals surface area contributed by atoms with Crippen molar-refractivity contribution in [3.8, 4) is 0 Å². The van der Waals surface area contributed by atoms with Gasteiger partial charge in [-0.25, -0.2) is 4.98 Å². The van der Waals surface area contributed by atoms with E-state index in [1.54, 1.807) is 12.4 Å². The minimum atomic E-state index is 0.0533. The van der Waals surface area contributed by atoms with Crippen molar-refractivity contribution in [2.45, 2.75) is 33.2 Å². The highest BCUT2D eigenvalue weighted by Crippen LogP contribution is 2.19. The Morgan fingerprint density at radius 3 is 2.64 bits per heavy atom. The fourth-order valence-corrected chi connectivity index (χ4v) is 2.98. The lowest BCUT2D eigenvalue weighted by Crippen LogP contribution is -2.32. The zero-order valence-electron chi connectivity index (χ0n) is 15.0. The number of pyridine rings is 1. The number of aromatic nitrogens is 3. The van der Waals surface area contributed by atoms with Crippen LogP contribution in [0.15, 0.2) is 49.1 Å². The molecule has 25 heavy (non-hydrogen) atoms. The standard InChI is InChI=1S/C20H24N4O/c1-4-23(12-9-16-7-10-21-11-8-16)20(25)17-5-6-19-18(13-17)22-14-24(19)15(2)3/h5-8,10-11,13-15H,4,9,12H2,1-3H3. The number of rotatable bonds is 6. The topological polar surface area (TPSA) is 51.0 Å². The molecule has 1 aromatic carbocycles. The smallest absolute Gasteiger partial charge is 0.253 e. The third-order valence-corrected chi connectivity index (χ3v) is 4.47. The molecule has 1 amide bonds. The van der Waals surface area contributed by atoms with Crippen molar-refractivity contribution >= 4 is 16.9 Å². The normalized spacial score (nSPS) is 11.2. The summed E-state index contributed by atoms with van der Waals surface area (Å²) in [6.45, 7) is 7.63. The van der Waals surface area contributed by atoms with E-state index < -0.39 is 0 Å². The van der Waals surface area contributed by atoms with Crippen LogP contribution in [0.1, 0.15) is 42.7 Å². The first kappa shape index (κ1) is 17.1. The number of amides is 1. The quantitative estimate of drug-likeness (QED) is 0.689. The zero-order valence-corrected chi connectivity index (χ0v) is 15.0. The Labute approximate surface area is 148 Å². The Kier molecular flexibility index (Phi) is 5.12. The molecule has 0 aliphatic rings. The van der Waals surface area contributed by atoms with Crippen molar-refractivity contribution in [2.75, 3.05) is 13.1 Å². The van der Waals surface area contributed by atoms with Crippen LogP contribution in [0.2, 0.25) is 0 Å². The molecule has 2 heterocycles. The Morgan fingerprint density at radius 2 is 1.96 bits per heavy atom. The molecule has 0 bridgehead atoms. The van der Waals surface area contributed by atoms with Crippen LogP contribution < -0.4 is 0 Å². The van der Waals surface area contributed by atoms with Crippen LogP contribution in [0.3, 0.4) is 0 Å². The molecule has 0 aliphatic heterocycles. The maximum absolute atomic E-state index is 12.9. The highest BCUT2D eigenvalue weighted by molar-refractivity contribution is 5.97. The maximum atomic E-state index is 12.9. The number of likely N-dealkylation sites (N-methyl/N-ethyl adjacent to an activating group) is 1. The van der Waals surface area contributed by atoms with Gasteiger partial charge in [-0.15, -0.1) is 0 Å². The molecule has 2 aromatic heterocycles. The molecule has 0 spiro atoms. The van der Waals surface area contributed by atoms with Crippen molar-refractivity contribution in [3.05, 3.63) is 60.2 Å². The molecule has 3 aromatic rings. The molecule has 3 rings (SSSR count). The lowest BCUT2D eigenvalue weighted by molar-refractivity contribution is 0.0766.